The molecule has 6 nitrogen and oxygen atoms in total. The van der Waals surface area contributed by atoms with Crippen LogP contribution >= 0.6 is 11.6 Å². The first-order chi connectivity index (χ1) is 15.1. The number of furan rings is 1. The molecule has 2 heterocycles. The van der Waals surface area contributed by atoms with E-state index in [9.17, 15) is 4.79 Å². The molecule has 1 amide bonds. The summed E-state index contributed by atoms with van der Waals surface area (Å²) in [5.74, 6) is 1.21. The Kier molecular flexibility index (Phi) is 6.92. The van der Waals surface area contributed by atoms with E-state index >= 15 is 0 Å². The van der Waals surface area contributed by atoms with Gasteiger partial charge in [0.15, 0.2) is 5.76 Å². The first kappa shape index (κ1) is 21.4. The Labute approximate surface area is 186 Å². The van der Waals surface area contributed by atoms with E-state index in [1.165, 1.54) is 0 Å². The van der Waals surface area contributed by atoms with E-state index in [1.54, 1.807) is 24.3 Å². The molecule has 162 valence electrons. The fourth-order valence-electron chi connectivity index (χ4n) is 3.40. The fourth-order valence-corrected chi connectivity index (χ4v) is 3.51. The van der Waals surface area contributed by atoms with Gasteiger partial charge >= 0.3 is 0 Å². The second-order valence-corrected chi connectivity index (χ2v) is 7.92. The van der Waals surface area contributed by atoms with Crippen molar-refractivity contribution in [1.82, 2.24) is 4.90 Å². The number of hydrogen-bond donors (Lipinski definition) is 1. The van der Waals surface area contributed by atoms with Gasteiger partial charge in [0.1, 0.15) is 18.1 Å². The molecule has 4 rings (SSSR count). The number of carbonyl (C=O) groups is 1. The highest BCUT2D eigenvalue weighted by Crippen LogP contribution is 2.22. The molecule has 1 aliphatic rings. The van der Waals surface area contributed by atoms with Gasteiger partial charge in [-0.3, -0.25) is 9.69 Å². The minimum Gasteiger partial charge on any atom is -0.486 e. The summed E-state index contributed by atoms with van der Waals surface area (Å²) in [6.45, 7) is 6.34. The van der Waals surface area contributed by atoms with Crippen LogP contribution in [0.5, 0.6) is 5.75 Å². The van der Waals surface area contributed by atoms with Gasteiger partial charge < -0.3 is 19.2 Å². The molecule has 0 radical (unpaired) electrons. The Hall–Kier alpha value is -2.80. The van der Waals surface area contributed by atoms with Crippen LogP contribution in [0, 0.1) is 6.92 Å². The number of benzene rings is 2. The largest absolute Gasteiger partial charge is 0.486 e. The van der Waals surface area contributed by atoms with Gasteiger partial charge in [-0.15, -0.1) is 0 Å². The summed E-state index contributed by atoms with van der Waals surface area (Å²) in [6.07, 6.45) is 0. The minimum atomic E-state index is -0.294. The molecule has 1 aromatic heterocycles. The van der Waals surface area contributed by atoms with Gasteiger partial charge in [-0.25, -0.2) is 0 Å². The van der Waals surface area contributed by atoms with E-state index in [0.717, 1.165) is 49.7 Å². The molecule has 0 unspecified atom stereocenters. The number of morpholine rings is 1. The topological polar surface area (TPSA) is 63.9 Å². The van der Waals surface area contributed by atoms with Crippen LogP contribution in [-0.2, 0) is 17.9 Å². The zero-order valence-corrected chi connectivity index (χ0v) is 18.2. The lowest BCUT2D eigenvalue weighted by Gasteiger charge is -2.26. The van der Waals surface area contributed by atoms with Crippen LogP contribution in [0.3, 0.4) is 0 Å². The quantitative estimate of drug-likeness (QED) is 0.565. The molecule has 0 atom stereocenters. The van der Waals surface area contributed by atoms with Gasteiger partial charge in [0.05, 0.1) is 13.2 Å². The molecule has 1 fully saturated rings. The summed E-state index contributed by atoms with van der Waals surface area (Å²) in [4.78, 5) is 14.9. The van der Waals surface area contributed by atoms with Gasteiger partial charge in [-0.1, -0.05) is 23.7 Å². The van der Waals surface area contributed by atoms with Gasteiger partial charge in [0.2, 0.25) is 0 Å². The molecule has 31 heavy (non-hydrogen) atoms. The predicted octanol–water partition coefficient (Wildman–Crippen LogP) is 4.90. The second kappa shape index (κ2) is 10.0. The van der Waals surface area contributed by atoms with Crippen LogP contribution in [0.1, 0.15) is 27.4 Å². The summed E-state index contributed by atoms with van der Waals surface area (Å²) >= 11 is 6.04. The highest BCUT2D eigenvalue weighted by Gasteiger charge is 2.14. The first-order valence-electron chi connectivity index (χ1n) is 10.2. The predicted molar refractivity (Wildman–Crippen MR) is 120 cm³/mol. The van der Waals surface area contributed by atoms with Crippen LogP contribution in [0.4, 0.5) is 5.69 Å². The molecule has 2 aromatic carbocycles. The maximum atomic E-state index is 12.6. The number of ether oxygens (including phenoxy) is 2. The molecule has 0 spiro atoms. The normalized spacial score (nSPS) is 14.4. The lowest BCUT2D eigenvalue weighted by molar-refractivity contribution is 0.0342. The standard InChI is InChI=1S/C24H25ClN2O4/c1-17-13-20(5-7-22(17)25)30-16-21-6-8-23(31-21)24(28)26-19-4-2-3-18(14-19)15-27-9-11-29-12-10-27/h2-8,13-14H,9-12,15-16H2,1H3,(H,26,28). The van der Waals surface area contributed by atoms with E-state index in [4.69, 9.17) is 25.5 Å². The van der Waals surface area contributed by atoms with Crippen molar-refractivity contribution in [3.63, 3.8) is 0 Å². The molecule has 0 bridgehead atoms. The number of amides is 1. The van der Waals surface area contributed by atoms with Crippen LogP contribution in [0.15, 0.2) is 59.0 Å². The van der Waals surface area contributed by atoms with Crippen LogP contribution in [0.25, 0.3) is 0 Å². The number of nitrogens with zero attached hydrogens (tertiary/aromatic N) is 1. The number of halogens is 1. The highest BCUT2D eigenvalue weighted by atomic mass is 35.5. The van der Waals surface area contributed by atoms with Crippen molar-refractivity contribution in [2.75, 3.05) is 31.6 Å². The zero-order chi connectivity index (χ0) is 21.6. The van der Waals surface area contributed by atoms with Crippen molar-refractivity contribution in [3.05, 3.63) is 82.3 Å². The number of nitrogens with one attached hydrogen (secondary N) is 1. The minimum absolute atomic E-state index is 0.226. The van der Waals surface area contributed by atoms with E-state index in [2.05, 4.69) is 16.3 Å². The van der Waals surface area contributed by atoms with Crippen molar-refractivity contribution >= 4 is 23.2 Å². The lowest BCUT2D eigenvalue weighted by atomic mass is 10.2. The van der Waals surface area contributed by atoms with Crippen molar-refractivity contribution in [2.24, 2.45) is 0 Å². The molecule has 1 N–H and O–H groups in total. The lowest BCUT2D eigenvalue weighted by Crippen LogP contribution is -2.35. The first-order valence-corrected chi connectivity index (χ1v) is 10.6. The van der Waals surface area contributed by atoms with E-state index in [1.807, 2.05) is 31.2 Å². The molecule has 7 heteroatoms. The van der Waals surface area contributed by atoms with E-state index in [-0.39, 0.29) is 18.3 Å². The molecule has 3 aromatic rings. The zero-order valence-electron chi connectivity index (χ0n) is 17.4. The third kappa shape index (κ3) is 5.88. The smallest absolute Gasteiger partial charge is 0.291 e. The van der Waals surface area contributed by atoms with Gasteiger partial charge in [0, 0.05) is 30.3 Å². The van der Waals surface area contributed by atoms with Crippen LogP contribution < -0.4 is 10.1 Å². The van der Waals surface area contributed by atoms with Crippen molar-refractivity contribution in [2.45, 2.75) is 20.1 Å². The van der Waals surface area contributed by atoms with Crippen molar-refractivity contribution in [1.29, 1.82) is 0 Å². The van der Waals surface area contributed by atoms with Gasteiger partial charge in [-0.05, 0) is 60.5 Å². The SMILES string of the molecule is Cc1cc(OCc2ccc(C(=O)Nc3cccc(CN4CCOCC4)c3)o2)ccc1Cl. The average Bonchev–Trinajstić information content (AvgIpc) is 3.25. The molecular formula is C24H25ClN2O4. The monoisotopic (exact) mass is 440 g/mol. The summed E-state index contributed by atoms with van der Waals surface area (Å²) in [5, 5.41) is 3.60. The Morgan fingerprint density at radius 1 is 1.13 bits per heavy atom. The maximum Gasteiger partial charge on any atom is 0.291 e. The van der Waals surface area contributed by atoms with Crippen LogP contribution in [0.2, 0.25) is 5.02 Å². The number of aryl methyl sites for hydroxylation is 1. The average molecular weight is 441 g/mol. The third-order valence-electron chi connectivity index (χ3n) is 5.09. The fraction of sp³-hybridized carbons (Fsp3) is 0.292. The van der Waals surface area contributed by atoms with Crippen LogP contribution in [-0.4, -0.2) is 37.1 Å². The number of anilines is 1. The van der Waals surface area contributed by atoms with E-state index < -0.39 is 0 Å². The number of carbonyl (C=O) groups excluding carboxylic acids is 1. The Morgan fingerprint density at radius 3 is 2.77 bits per heavy atom. The Morgan fingerprint density at radius 2 is 1.97 bits per heavy atom. The second-order valence-electron chi connectivity index (χ2n) is 7.51. The number of hydrogen-bond acceptors (Lipinski definition) is 5. The molecule has 1 aliphatic heterocycles. The van der Waals surface area contributed by atoms with Gasteiger partial charge in [0.25, 0.3) is 5.91 Å². The molecule has 0 aliphatic carbocycles. The molecular weight excluding hydrogens is 416 g/mol. The van der Waals surface area contributed by atoms with Gasteiger partial charge in [-0.2, -0.15) is 0 Å². The van der Waals surface area contributed by atoms with E-state index in [0.29, 0.717) is 16.5 Å². The Bertz CT molecular complexity index is 1040. The summed E-state index contributed by atoms with van der Waals surface area (Å²) < 4.78 is 16.8. The Balaban J connectivity index is 1.33. The van der Waals surface area contributed by atoms with Crippen molar-refractivity contribution < 1.29 is 18.7 Å². The molecule has 1 saturated heterocycles. The van der Waals surface area contributed by atoms with Crippen molar-refractivity contribution in [3.8, 4) is 5.75 Å². The summed E-state index contributed by atoms with van der Waals surface area (Å²) in [6, 6.07) is 16.7. The number of rotatable bonds is 7. The summed E-state index contributed by atoms with van der Waals surface area (Å²) in [5.41, 5.74) is 2.82. The highest BCUT2D eigenvalue weighted by molar-refractivity contribution is 6.31. The maximum absolute atomic E-state index is 12.6. The molecule has 0 saturated carbocycles. The summed E-state index contributed by atoms with van der Waals surface area (Å²) in [7, 11) is 0. The third-order valence-corrected chi connectivity index (χ3v) is 5.51.